The topological polar surface area (TPSA) is 117 Å². The third kappa shape index (κ3) is 9.02. The van der Waals surface area contributed by atoms with Gasteiger partial charge in [-0.2, -0.15) is 5.48 Å². The smallest absolute Gasteiger partial charge is 0.327 e. The number of hydrogen-bond donors (Lipinski definition) is 5. The summed E-state index contributed by atoms with van der Waals surface area (Å²) in [5, 5.41) is 20.5. The highest BCUT2D eigenvalue weighted by Crippen LogP contribution is 2.08. The van der Waals surface area contributed by atoms with E-state index in [1.807, 2.05) is 0 Å². The number of carbonyl (C=O) groups is 1. The highest BCUT2D eigenvalue weighted by Gasteiger charge is 2.18. The van der Waals surface area contributed by atoms with Crippen molar-refractivity contribution in [3.63, 3.8) is 0 Å². The Labute approximate surface area is 101 Å². The predicted molar refractivity (Wildman–Crippen MR) is 62.9 cm³/mol. The van der Waals surface area contributed by atoms with Gasteiger partial charge in [-0.25, -0.2) is 0 Å². The molecule has 0 radical (unpaired) electrons. The molecule has 7 nitrogen and oxygen atoms in total. The van der Waals surface area contributed by atoms with Crippen LogP contribution in [0.4, 0.5) is 0 Å². The predicted octanol–water partition coefficient (Wildman–Crippen LogP) is -2.04. The normalized spacial score (nSPS) is 10.8. The van der Waals surface area contributed by atoms with E-state index in [0.717, 1.165) is 0 Å². The average Bonchev–Trinajstić information content (AvgIpc) is 2.33. The van der Waals surface area contributed by atoms with Gasteiger partial charge in [0.15, 0.2) is 0 Å². The fourth-order valence-electron chi connectivity index (χ4n) is 1.26. The van der Waals surface area contributed by atoms with Crippen LogP contribution >= 0.6 is 0 Å². The first-order valence-corrected chi connectivity index (χ1v) is 5.82. The Hall–Kier alpha value is -0.730. The van der Waals surface area contributed by atoms with E-state index in [1.54, 1.807) is 0 Å². The maximum Gasteiger partial charge on any atom is 0.327 e. The lowest BCUT2D eigenvalue weighted by molar-refractivity contribution is -0.157. The van der Waals surface area contributed by atoms with Crippen LogP contribution in [0.5, 0.6) is 0 Å². The summed E-state index contributed by atoms with van der Waals surface area (Å²) < 4.78 is 0. The Kier molecular flexibility index (Phi) is 11.2. The SMILES string of the molecule is NCCNCCNOC(=O)C(CCO)CCO. The highest BCUT2D eigenvalue weighted by atomic mass is 16.7. The fourth-order valence-corrected chi connectivity index (χ4v) is 1.26. The lowest BCUT2D eigenvalue weighted by Gasteiger charge is -2.13. The second kappa shape index (κ2) is 11.7. The molecule has 0 atom stereocenters. The number of aliphatic hydroxyl groups excluding tert-OH is 2. The van der Waals surface area contributed by atoms with Gasteiger partial charge in [-0.15, -0.1) is 0 Å². The fraction of sp³-hybridized carbons (Fsp3) is 0.900. The van der Waals surface area contributed by atoms with E-state index in [4.69, 9.17) is 20.8 Å². The number of carbonyl (C=O) groups excluding carboxylic acids is 1. The van der Waals surface area contributed by atoms with Crippen LogP contribution in [0.25, 0.3) is 0 Å². The molecular weight excluding hydrogens is 226 g/mol. The van der Waals surface area contributed by atoms with E-state index in [2.05, 4.69) is 10.8 Å². The molecule has 0 bridgehead atoms. The molecule has 0 aliphatic carbocycles. The third-order valence-corrected chi connectivity index (χ3v) is 2.19. The molecule has 7 heteroatoms. The van der Waals surface area contributed by atoms with Crippen LogP contribution in [-0.2, 0) is 9.63 Å². The average molecular weight is 249 g/mol. The highest BCUT2D eigenvalue weighted by molar-refractivity contribution is 5.72. The first kappa shape index (κ1) is 16.3. The summed E-state index contributed by atoms with van der Waals surface area (Å²) in [6.45, 7) is 2.21. The van der Waals surface area contributed by atoms with Crippen molar-refractivity contribution in [3.05, 3.63) is 0 Å². The monoisotopic (exact) mass is 249 g/mol. The molecule has 0 saturated carbocycles. The zero-order valence-corrected chi connectivity index (χ0v) is 10.0. The number of aliphatic hydroxyl groups is 2. The Morgan fingerprint density at radius 3 is 2.35 bits per heavy atom. The molecule has 0 heterocycles. The van der Waals surface area contributed by atoms with Crippen molar-refractivity contribution in [2.45, 2.75) is 12.8 Å². The van der Waals surface area contributed by atoms with Crippen molar-refractivity contribution < 1.29 is 19.8 Å². The Morgan fingerprint density at radius 1 is 1.18 bits per heavy atom. The number of hydrogen-bond acceptors (Lipinski definition) is 7. The van der Waals surface area contributed by atoms with Gasteiger partial charge in [0.05, 0.1) is 5.92 Å². The summed E-state index contributed by atoms with van der Waals surface area (Å²) in [5.74, 6) is -0.915. The molecule has 0 unspecified atom stereocenters. The van der Waals surface area contributed by atoms with Crippen LogP contribution in [0.2, 0.25) is 0 Å². The summed E-state index contributed by atoms with van der Waals surface area (Å²) in [5.41, 5.74) is 7.81. The van der Waals surface area contributed by atoms with E-state index >= 15 is 0 Å². The molecule has 0 spiro atoms. The molecule has 0 aromatic heterocycles. The van der Waals surface area contributed by atoms with Gasteiger partial charge in [0.25, 0.3) is 0 Å². The molecular formula is C10H23N3O4. The first-order valence-electron chi connectivity index (χ1n) is 5.82. The minimum atomic E-state index is -0.463. The van der Waals surface area contributed by atoms with E-state index < -0.39 is 11.9 Å². The zero-order chi connectivity index (χ0) is 12.9. The lowest BCUT2D eigenvalue weighted by Crippen LogP contribution is -2.33. The van der Waals surface area contributed by atoms with Crippen molar-refractivity contribution in [2.24, 2.45) is 11.7 Å². The zero-order valence-electron chi connectivity index (χ0n) is 10.0. The van der Waals surface area contributed by atoms with E-state index in [1.165, 1.54) is 0 Å². The quantitative estimate of drug-likeness (QED) is 0.212. The van der Waals surface area contributed by atoms with Gasteiger partial charge < -0.3 is 26.1 Å². The van der Waals surface area contributed by atoms with E-state index in [0.29, 0.717) is 39.0 Å². The molecule has 102 valence electrons. The third-order valence-electron chi connectivity index (χ3n) is 2.19. The van der Waals surface area contributed by atoms with Crippen LogP contribution in [0, 0.1) is 5.92 Å². The minimum absolute atomic E-state index is 0.0994. The number of nitrogens with one attached hydrogen (secondary N) is 2. The summed E-state index contributed by atoms with van der Waals surface area (Å²) >= 11 is 0. The van der Waals surface area contributed by atoms with Gasteiger partial charge >= 0.3 is 5.97 Å². The Bertz CT molecular complexity index is 186. The van der Waals surface area contributed by atoms with Gasteiger partial charge in [-0.05, 0) is 12.8 Å². The lowest BCUT2D eigenvalue weighted by atomic mass is 10.0. The molecule has 0 amide bonds. The van der Waals surface area contributed by atoms with Crippen LogP contribution in [0.3, 0.4) is 0 Å². The van der Waals surface area contributed by atoms with Gasteiger partial charge in [0, 0.05) is 39.4 Å². The maximum absolute atomic E-state index is 11.5. The number of rotatable bonds is 11. The second-order valence-corrected chi connectivity index (χ2v) is 3.58. The van der Waals surface area contributed by atoms with Crippen molar-refractivity contribution in [3.8, 4) is 0 Å². The molecule has 0 rings (SSSR count). The maximum atomic E-state index is 11.5. The number of nitrogens with two attached hydrogens (primary N) is 1. The van der Waals surface area contributed by atoms with E-state index in [-0.39, 0.29) is 13.2 Å². The molecule has 17 heavy (non-hydrogen) atoms. The molecule has 6 N–H and O–H groups in total. The van der Waals surface area contributed by atoms with Gasteiger partial charge in [0.2, 0.25) is 0 Å². The summed E-state index contributed by atoms with van der Waals surface area (Å²) in [6, 6.07) is 0. The molecule has 0 aromatic carbocycles. The second-order valence-electron chi connectivity index (χ2n) is 3.58. The van der Waals surface area contributed by atoms with Crippen molar-refractivity contribution in [1.82, 2.24) is 10.8 Å². The summed E-state index contributed by atoms with van der Waals surface area (Å²) in [6.07, 6.45) is 0.596. The minimum Gasteiger partial charge on any atom is -0.396 e. The molecule has 0 aliphatic rings. The first-order chi connectivity index (χ1) is 8.26. The van der Waals surface area contributed by atoms with Crippen LogP contribution in [0.15, 0.2) is 0 Å². The van der Waals surface area contributed by atoms with Gasteiger partial charge in [-0.3, -0.25) is 4.79 Å². The Morgan fingerprint density at radius 2 is 1.82 bits per heavy atom. The van der Waals surface area contributed by atoms with Gasteiger partial charge in [0.1, 0.15) is 0 Å². The largest absolute Gasteiger partial charge is 0.396 e. The van der Waals surface area contributed by atoms with Crippen LogP contribution in [0.1, 0.15) is 12.8 Å². The van der Waals surface area contributed by atoms with Gasteiger partial charge in [-0.1, -0.05) is 0 Å². The number of hydroxylamine groups is 1. The summed E-state index contributed by atoms with van der Waals surface area (Å²) in [4.78, 5) is 16.3. The van der Waals surface area contributed by atoms with Crippen molar-refractivity contribution in [2.75, 3.05) is 39.4 Å². The van der Waals surface area contributed by atoms with Crippen LogP contribution < -0.4 is 16.5 Å². The van der Waals surface area contributed by atoms with Crippen LogP contribution in [-0.4, -0.2) is 55.6 Å². The Balaban J connectivity index is 3.59. The molecule has 0 saturated heterocycles. The molecule has 0 fully saturated rings. The van der Waals surface area contributed by atoms with Crippen molar-refractivity contribution >= 4 is 5.97 Å². The van der Waals surface area contributed by atoms with Crippen molar-refractivity contribution in [1.29, 1.82) is 0 Å². The molecule has 0 aliphatic heterocycles. The molecule has 0 aromatic rings. The summed E-state index contributed by atoms with van der Waals surface area (Å²) in [7, 11) is 0. The van der Waals surface area contributed by atoms with E-state index in [9.17, 15) is 4.79 Å². The standard InChI is InChI=1S/C10H23N3O4/c11-3-4-12-5-6-13-17-10(16)9(1-7-14)2-8-15/h9,12-15H,1-8,11H2.